The van der Waals surface area contributed by atoms with E-state index in [0.717, 1.165) is 0 Å². The largest absolute Gasteiger partial charge is 0.0622 e. The minimum absolute atomic E-state index is 1.20. The molecule has 0 fully saturated rings. The van der Waals surface area contributed by atoms with Crippen molar-refractivity contribution in [2.24, 2.45) is 0 Å². The Labute approximate surface area is 248 Å². The first kappa shape index (κ1) is 25.5. The molecule has 0 spiro atoms. The molecule has 0 heterocycles. The second-order valence-electron chi connectivity index (χ2n) is 10.5. The predicted molar refractivity (Wildman–Crippen MR) is 179 cm³/mol. The zero-order valence-corrected chi connectivity index (χ0v) is 23.3. The van der Waals surface area contributed by atoms with Gasteiger partial charge in [0.05, 0.1) is 0 Å². The standard InChI is InChI=1S/C42H30/c1-5-17-31(18-6-1)35-25-13-15-27-37(35)41-29-40(34-23-11-4-12-24-34)42(30-39(41)33-21-9-3-10-22-33)38-28-16-14-26-36(38)32-19-7-2-8-20-32/h1-30H. The van der Waals surface area contributed by atoms with Crippen LogP contribution in [0.15, 0.2) is 182 Å². The van der Waals surface area contributed by atoms with Crippen molar-refractivity contribution < 1.29 is 0 Å². The summed E-state index contributed by atoms with van der Waals surface area (Å²) < 4.78 is 0. The highest BCUT2D eigenvalue weighted by Crippen LogP contribution is 2.46. The maximum Gasteiger partial charge on any atom is -0.00926 e. The fourth-order valence-electron chi connectivity index (χ4n) is 5.93. The van der Waals surface area contributed by atoms with Crippen molar-refractivity contribution >= 4 is 0 Å². The van der Waals surface area contributed by atoms with Crippen LogP contribution in [0.3, 0.4) is 0 Å². The van der Waals surface area contributed by atoms with E-state index in [-0.39, 0.29) is 0 Å². The Morgan fingerprint density at radius 2 is 0.405 bits per heavy atom. The molecule has 7 rings (SSSR count). The van der Waals surface area contributed by atoms with E-state index in [0.29, 0.717) is 0 Å². The van der Waals surface area contributed by atoms with Crippen LogP contribution in [0, 0.1) is 0 Å². The highest BCUT2D eigenvalue weighted by molar-refractivity contribution is 6.00. The molecule has 0 N–H and O–H groups in total. The Balaban J connectivity index is 1.57. The molecule has 0 atom stereocenters. The van der Waals surface area contributed by atoms with Crippen LogP contribution in [0.1, 0.15) is 0 Å². The maximum atomic E-state index is 2.41. The summed E-state index contributed by atoms with van der Waals surface area (Å²) in [6, 6.07) is 65.4. The normalized spacial score (nSPS) is 10.9. The third kappa shape index (κ3) is 4.96. The molecule has 0 saturated carbocycles. The summed E-state index contributed by atoms with van der Waals surface area (Å²) in [5.41, 5.74) is 14.6. The van der Waals surface area contributed by atoms with Crippen LogP contribution in [-0.4, -0.2) is 0 Å². The van der Waals surface area contributed by atoms with Gasteiger partial charge in [0.1, 0.15) is 0 Å². The van der Waals surface area contributed by atoms with E-state index in [1.165, 1.54) is 66.8 Å². The lowest BCUT2D eigenvalue weighted by Gasteiger charge is -2.21. The zero-order valence-electron chi connectivity index (χ0n) is 23.3. The van der Waals surface area contributed by atoms with Gasteiger partial charge in [-0.1, -0.05) is 170 Å². The van der Waals surface area contributed by atoms with E-state index < -0.39 is 0 Å². The number of rotatable bonds is 6. The van der Waals surface area contributed by atoms with Gasteiger partial charge in [0.25, 0.3) is 0 Å². The zero-order chi connectivity index (χ0) is 28.1. The van der Waals surface area contributed by atoms with Gasteiger partial charge in [-0.05, 0) is 78.9 Å². The van der Waals surface area contributed by atoms with Crippen LogP contribution < -0.4 is 0 Å². The Morgan fingerprint density at radius 3 is 0.714 bits per heavy atom. The minimum atomic E-state index is 1.20. The van der Waals surface area contributed by atoms with Gasteiger partial charge in [-0.25, -0.2) is 0 Å². The van der Waals surface area contributed by atoms with Crippen LogP contribution in [0.2, 0.25) is 0 Å². The van der Waals surface area contributed by atoms with Crippen LogP contribution in [0.25, 0.3) is 66.8 Å². The van der Waals surface area contributed by atoms with Crippen molar-refractivity contribution in [3.05, 3.63) is 182 Å². The number of hydrogen-bond donors (Lipinski definition) is 0. The first-order valence-corrected chi connectivity index (χ1v) is 14.5. The van der Waals surface area contributed by atoms with Gasteiger partial charge in [-0.15, -0.1) is 0 Å². The molecule has 7 aromatic carbocycles. The molecule has 0 heteroatoms. The Hall–Kier alpha value is -5.46. The second kappa shape index (κ2) is 11.6. The SMILES string of the molecule is c1ccc(-c2ccccc2-c2cc(-c3ccccc3)c(-c3ccccc3-c3ccccc3)cc2-c2ccccc2)cc1. The fraction of sp³-hybridized carbons (Fsp3) is 0. The van der Waals surface area contributed by atoms with Gasteiger partial charge in [-0.2, -0.15) is 0 Å². The van der Waals surface area contributed by atoms with Gasteiger partial charge in [-0.3, -0.25) is 0 Å². The second-order valence-corrected chi connectivity index (χ2v) is 10.5. The van der Waals surface area contributed by atoms with Gasteiger partial charge in [0, 0.05) is 0 Å². The van der Waals surface area contributed by atoms with Gasteiger partial charge in [0.15, 0.2) is 0 Å². The molecule has 0 bridgehead atoms. The average molecular weight is 535 g/mol. The van der Waals surface area contributed by atoms with E-state index in [4.69, 9.17) is 0 Å². The molecule has 0 unspecified atom stereocenters. The van der Waals surface area contributed by atoms with E-state index in [9.17, 15) is 0 Å². The summed E-state index contributed by atoms with van der Waals surface area (Å²) in [6.07, 6.45) is 0. The molecule has 0 radical (unpaired) electrons. The summed E-state index contributed by atoms with van der Waals surface area (Å²) in [7, 11) is 0. The lowest BCUT2D eigenvalue weighted by atomic mass is 9.82. The number of hydrogen-bond acceptors (Lipinski definition) is 0. The molecular weight excluding hydrogens is 504 g/mol. The lowest BCUT2D eigenvalue weighted by molar-refractivity contribution is 1.53. The molecule has 0 aliphatic rings. The highest BCUT2D eigenvalue weighted by Gasteiger charge is 2.19. The summed E-state index contributed by atoms with van der Waals surface area (Å²) in [5, 5.41) is 0. The van der Waals surface area contributed by atoms with Gasteiger partial charge in [0.2, 0.25) is 0 Å². The highest BCUT2D eigenvalue weighted by atomic mass is 14.2. The maximum absolute atomic E-state index is 2.41. The fourth-order valence-corrected chi connectivity index (χ4v) is 5.93. The number of benzene rings is 7. The lowest BCUT2D eigenvalue weighted by Crippen LogP contribution is -1.95. The quantitative estimate of drug-likeness (QED) is 0.199. The van der Waals surface area contributed by atoms with Crippen LogP contribution in [0.4, 0.5) is 0 Å². The molecule has 0 aliphatic heterocycles. The molecule has 0 aromatic heterocycles. The van der Waals surface area contributed by atoms with E-state index in [2.05, 4.69) is 182 Å². The van der Waals surface area contributed by atoms with Crippen LogP contribution in [-0.2, 0) is 0 Å². The summed E-state index contributed by atoms with van der Waals surface area (Å²) in [5.74, 6) is 0. The van der Waals surface area contributed by atoms with Crippen molar-refractivity contribution in [3.8, 4) is 66.8 Å². The third-order valence-corrected chi connectivity index (χ3v) is 7.93. The Morgan fingerprint density at radius 1 is 0.167 bits per heavy atom. The Bertz CT molecular complexity index is 1790. The van der Waals surface area contributed by atoms with Gasteiger partial charge >= 0.3 is 0 Å². The molecule has 0 aliphatic carbocycles. The van der Waals surface area contributed by atoms with Crippen molar-refractivity contribution in [3.63, 3.8) is 0 Å². The smallest absolute Gasteiger partial charge is 0.00926 e. The van der Waals surface area contributed by atoms with Crippen molar-refractivity contribution in [2.75, 3.05) is 0 Å². The van der Waals surface area contributed by atoms with E-state index in [1.807, 2.05) is 0 Å². The summed E-state index contributed by atoms with van der Waals surface area (Å²) in [4.78, 5) is 0. The molecule has 7 aromatic rings. The van der Waals surface area contributed by atoms with Crippen molar-refractivity contribution in [2.45, 2.75) is 0 Å². The average Bonchev–Trinajstić information content (AvgIpc) is 3.09. The predicted octanol–water partition coefficient (Wildman–Crippen LogP) is 11.7. The molecule has 42 heavy (non-hydrogen) atoms. The molecule has 0 amide bonds. The van der Waals surface area contributed by atoms with Crippen molar-refractivity contribution in [1.29, 1.82) is 0 Å². The minimum Gasteiger partial charge on any atom is -0.0622 e. The molecule has 0 nitrogen and oxygen atoms in total. The Kier molecular flexibility index (Phi) is 7.02. The third-order valence-electron chi connectivity index (χ3n) is 7.93. The van der Waals surface area contributed by atoms with E-state index in [1.54, 1.807) is 0 Å². The first-order chi connectivity index (χ1) is 20.9. The monoisotopic (exact) mass is 534 g/mol. The van der Waals surface area contributed by atoms with Gasteiger partial charge < -0.3 is 0 Å². The van der Waals surface area contributed by atoms with E-state index >= 15 is 0 Å². The molecule has 0 saturated heterocycles. The topological polar surface area (TPSA) is 0 Å². The van der Waals surface area contributed by atoms with Crippen LogP contribution in [0.5, 0.6) is 0 Å². The van der Waals surface area contributed by atoms with Crippen molar-refractivity contribution in [1.82, 2.24) is 0 Å². The summed E-state index contributed by atoms with van der Waals surface area (Å²) in [6.45, 7) is 0. The molecular formula is C42H30. The first-order valence-electron chi connectivity index (χ1n) is 14.5. The van der Waals surface area contributed by atoms with Crippen LogP contribution >= 0.6 is 0 Å². The molecule has 198 valence electrons. The summed E-state index contributed by atoms with van der Waals surface area (Å²) >= 11 is 0.